The summed E-state index contributed by atoms with van der Waals surface area (Å²) in [4.78, 5) is 25.2. The number of aromatic nitrogens is 3. The number of hydrogen-bond donors (Lipinski definition) is 2. The summed E-state index contributed by atoms with van der Waals surface area (Å²) in [5.41, 5.74) is 3.83. The van der Waals surface area contributed by atoms with Crippen LogP contribution < -0.4 is 15.4 Å². The molecule has 0 saturated carbocycles. The van der Waals surface area contributed by atoms with E-state index >= 15 is 0 Å². The highest BCUT2D eigenvalue weighted by Crippen LogP contribution is 2.18. The zero-order valence-corrected chi connectivity index (χ0v) is 20.4. The zero-order chi connectivity index (χ0) is 24.8. The largest absolute Gasteiger partial charge is 0.486 e. The third-order valence-corrected chi connectivity index (χ3v) is 6.13. The summed E-state index contributed by atoms with van der Waals surface area (Å²) in [6.45, 7) is 6.37. The standard InChI is InChI=1S/C25H25N5O4S/c1-15-6-4-9-20(12-15)33-14-22-28-29-25(35-22)24(32)27-19-8-5-7-18(13-19)23(31)26-11-10-21-16(2)30-34-17(21)3/h4-9,12-13H,10-11,14H2,1-3H3,(H,26,31)(H,27,32). The van der Waals surface area contributed by atoms with Crippen LogP contribution in [0.15, 0.2) is 53.1 Å². The van der Waals surface area contributed by atoms with Gasteiger partial charge in [0.25, 0.3) is 11.8 Å². The van der Waals surface area contributed by atoms with Gasteiger partial charge in [-0.2, -0.15) is 0 Å². The molecule has 9 nitrogen and oxygen atoms in total. The lowest BCUT2D eigenvalue weighted by atomic mass is 10.1. The Morgan fingerprint density at radius 1 is 1.03 bits per heavy atom. The normalized spacial score (nSPS) is 10.7. The van der Waals surface area contributed by atoms with Gasteiger partial charge in [-0.3, -0.25) is 9.59 Å². The number of nitrogens with zero attached hydrogens (tertiary/aromatic N) is 3. The molecule has 2 aromatic heterocycles. The van der Waals surface area contributed by atoms with Gasteiger partial charge >= 0.3 is 0 Å². The number of rotatable bonds is 9. The van der Waals surface area contributed by atoms with Crippen molar-refractivity contribution in [3.05, 3.63) is 86.7 Å². The third kappa shape index (κ3) is 6.30. The van der Waals surface area contributed by atoms with Crippen molar-refractivity contribution in [3.63, 3.8) is 0 Å². The number of benzene rings is 2. The van der Waals surface area contributed by atoms with Gasteiger partial charge in [-0.25, -0.2) is 0 Å². The van der Waals surface area contributed by atoms with Crippen molar-refractivity contribution in [2.24, 2.45) is 0 Å². The molecule has 2 heterocycles. The minimum Gasteiger partial charge on any atom is -0.486 e. The van der Waals surface area contributed by atoms with E-state index in [2.05, 4.69) is 26.0 Å². The quantitative estimate of drug-likeness (QED) is 0.359. The maximum absolute atomic E-state index is 12.6. The molecule has 0 aliphatic heterocycles. The summed E-state index contributed by atoms with van der Waals surface area (Å²) < 4.78 is 10.9. The summed E-state index contributed by atoms with van der Waals surface area (Å²) in [5, 5.41) is 18.4. The molecule has 180 valence electrons. The van der Waals surface area contributed by atoms with Crippen LogP contribution in [0.3, 0.4) is 0 Å². The summed E-state index contributed by atoms with van der Waals surface area (Å²) >= 11 is 1.15. The van der Waals surface area contributed by atoms with E-state index in [0.717, 1.165) is 39.7 Å². The van der Waals surface area contributed by atoms with Crippen LogP contribution in [0.5, 0.6) is 5.75 Å². The molecule has 35 heavy (non-hydrogen) atoms. The number of amides is 2. The molecule has 0 spiro atoms. The van der Waals surface area contributed by atoms with Crippen LogP contribution in [-0.2, 0) is 13.0 Å². The molecule has 0 saturated heterocycles. The van der Waals surface area contributed by atoms with Gasteiger partial charge in [-0.05, 0) is 63.1 Å². The molecule has 4 aromatic rings. The van der Waals surface area contributed by atoms with Crippen molar-refractivity contribution in [1.82, 2.24) is 20.7 Å². The topological polar surface area (TPSA) is 119 Å². The molecule has 2 amide bonds. The van der Waals surface area contributed by atoms with E-state index < -0.39 is 5.91 Å². The van der Waals surface area contributed by atoms with E-state index in [0.29, 0.717) is 29.2 Å². The number of nitrogens with one attached hydrogen (secondary N) is 2. The van der Waals surface area contributed by atoms with Crippen molar-refractivity contribution < 1.29 is 18.8 Å². The van der Waals surface area contributed by atoms with Crippen LogP contribution in [0.1, 0.15) is 47.7 Å². The van der Waals surface area contributed by atoms with Gasteiger partial charge in [0.1, 0.15) is 18.1 Å². The molecule has 10 heteroatoms. The highest BCUT2D eigenvalue weighted by atomic mass is 32.1. The molecule has 0 bridgehead atoms. The smallest absolute Gasteiger partial charge is 0.286 e. The maximum Gasteiger partial charge on any atom is 0.286 e. The molecule has 0 radical (unpaired) electrons. The van der Waals surface area contributed by atoms with Crippen LogP contribution in [0.4, 0.5) is 5.69 Å². The van der Waals surface area contributed by atoms with E-state index in [4.69, 9.17) is 9.26 Å². The predicted octanol–water partition coefficient (Wildman–Crippen LogP) is 4.26. The van der Waals surface area contributed by atoms with Gasteiger partial charge < -0.3 is 19.9 Å². The molecule has 0 aliphatic rings. The maximum atomic E-state index is 12.6. The van der Waals surface area contributed by atoms with E-state index in [-0.39, 0.29) is 17.5 Å². The number of ether oxygens (including phenoxy) is 1. The van der Waals surface area contributed by atoms with Gasteiger partial charge in [-0.1, -0.05) is 34.7 Å². The molecule has 0 fully saturated rings. The first kappa shape index (κ1) is 24.1. The minimum atomic E-state index is -0.403. The summed E-state index contributed by atoms with van der Waals surface area (Å²) in [5.74, 6) is 0.843. The molecule has 2 aromatic carbocycles. The first-order chi connectivity index (χ1) is 16.9. The lowest BCUT2D eigenvalue weighted by molar-refractivity contribution is 0.0952. The van der Waals surface area contributed by atoms with E-state index in [9.17, 15) is 9.59 Å². The Morgan fingerprint density at radius 2 is 1.86 bits per heavy atom. The summed E-state index contributed by atoms with van der Waals surface area (Å²) in [7, 11) is 0. The monoisotopic (exact) mass is 491 g/mol. The molecule has 0 aliphatic carbocycles. The Hall–Kier alpha value is -4.05. The number of carbonyl (C=O) groups is 2. The predicted molar refractivity (Wildman–Crippen MR) is 132 cm³/mol. The second kappa shape index (κ2) is 10.9. The van der Waals surface area contributed by atoms with Crippen LogP contribution in [0.2, 0.25) is 0 Å². The minimum absolute atomic E-state index is 0.210. The Morgan fingerprint density at radius 3 is 2.63 bits per heavy atom. The third-order valence-electron chi connectivity index (χ3n) is 5.24. The second-order valence-corrected chi connectivity index (χ2v) is 9.01. The first-order valence-electron chi connectivity index (χ1n) is 11.0. The van der Waals surface area contributed by atoms with Gasteiger partial charge in [-0.15, -0.1) is 10.2 Å². The number of anilines is 1. The SMILES string of the molecule is Cc1cccc(OCc2nnc(C(=O)Nc3cccc(C(=O)NCCc4c(C)noc4C)c3)s2)c1. The van der Waals surface area contributed by atoms with E-state index in [1.54, 1.807) is 24.3 Å². The van der Waals surface area contributed by atoms with Crippen LogP contribution in [-0.4, -0.2) is 33.7 Å². The van der Waals surface area contributed by atoms with Gasteiger partial charge in [0.15, 0.2) is 5.01 Å². The summed E-state index contributed by atoms with van der Waals surface area (Å²) in [6.07, 6.45) is 0.621. The van der Waals surface area contributed by atoms with Crippen LogP contribution >= 0.6 is 11.3 Å². The Balaban J connectivity index is 1.31. The van der Waals surface area contributed by atoms with Crippen molar-refractivity contribution >= 4 is 28.8 Å². The highest BCUT2D eigenvalue weighted by Gasteiger charge is 2.15. The Bertz CT molecular complexity index is 1330. The van der Waals surface area contributed by atoms with Gasteiger partial charge in [0.2, 0.25) is 5.01 Å². The van der Waals surface area contributed by atoms with Crippen molar-refractivity contribution in [2.45, 2.75) is 33.8 Å². The van der Waals surface area contributed by atoms with Crippen molar-refractivity contribution in [1.29, 1.82) is 0 Å². The number of hydrogen-bond acceptors (Lipinski definition) is 8. The average Bonchev–Trinajstić information content (AvgIpc) is 3.45. The lowest BCUT2D eigenvalue weighted by Crippen LogP contribution is -2.26. The first-order valence-corrected chi connectivity index (χ1v) is 11.8. The zero-order valence-electron chi connectivity index (χ0n) is 19.6. The van der Waals surface area contributed by atoms with Crippen LogP contribution in [0.25, 0.3) is 0 Å². The molecule has 0 atom stereocenters. The Kier molecular flexibility index (Phi) is 7.51. The van der Waals surface area contributed by atoms with E-state index in [1.807, 2.05) is 45.0 Å². The number of carbonyl (C=O) groups excluding carboxylic acids is 2. The number of aryl methyl sites for hydroxylation is 3. The summed E-state index contributed by atoms with van der Waals surface area (Å²) in [6, 6.07) is 14.4. The van der Waals surface area contributed by atoms with Gasteiger partial charge in [0.05, 0.1) is 5.69 Å². The fourth-order valence-corrected chi connectivity index (χ4v) is 4.09. The molecular formula is C25H25N5O4S. The Labute approximate surface area is 206 Å². The lowest BCUT2D eigenvalue weighted by Gasteiger charge is -2.08. The average molecular weight is 492 g/mol. The fraction of sp³-hybridized carbons (Fsp3) is 0.240. The molecule has 4 rings (SSSR count). The van der Waals surface area contributed by atoms with Crippen molar-refractivity contribution in [2.75, 3.05) is 11.9 Å². The molecular weight excluding hydrogens is 466 g/mol. The van der Waals surface area contributed by atoms with Crippen molar-refractivity contribution in [3.8, 4) is 5.75 Å². The molecule has 2 N–H and O–H groups in total. The second-order valence-electron chi connectivity index (χ2n) is 7.95. The molecule has 0 unspecified atom stereocenters. The van der Waals surface area contributed by atoms with Crippen LogP contribution in [0, 0.1) is 20.8 Å². The van der Waals surface area contributed by atoms with Gasteiger partial charge in [0, 0.05) is 23.4 Å². The highest BCUT2D eigenvalue weighted by molar-refractivity contribution is 7.13. The fourth-order valence-electron chi connectivity index (χ4n) is 3.44. The van der Waals surface area contributed by atoms with E-state index in [1.165, 1.54) is 0 Å².